The van der Waals surface area contributed by atoms with Crippen LogP contribution < -0.4 is 5.32 Å². The van der Waals surface area contributed by atoms with Gasteiger partial charge in [-0.1, -0.05) is 23.7 Å². The van der Waals surface area contributed by atoms with Crippen LogP contribution in [0.4, 0.5) is 24.7 Å². The van der Waals surface area contributed by atoms with Gasteiger partial charge in [0.25, 0.3) is 0 Å². The molecule has 2 heterocycles. The van der Waals surface area contributed by atoms with Crippen LogP contribution in [-0.2, 0) is 6.18 Å². The number of hydrogen-bond acceptors (Lipinski definition) is 3. The van der Waals surface area contributed by atoms with Gasteiger partial charge >= 0.3 is 6.18 Å². The van der Waals surface area contributed by atoms with Crippen LogP contribution in [0.5, 0.6) is 0 Å². The molecular formula is C14H10ClF3N4. The first-order valence-electron chi connectivity index (χ1n) is 6.31. The summed E-state index contributed by atoms with van der Waals surface area (Å²) in [6.07, 6.45) is -4.63. The molecule has 2 aromatic heterocycles. The Hall–Kier alpha value is -2.28. The first-order chi connectivity index (χ1) is 10.3. The maximum Gasteiger partial charge on any atom is 0.451 e. The molecule has 0 atom stereocenters. The number of aromatic nitrogens is 3. The molecule has 114 valence electrons. The molecule has 3 aromatic rings. The molecule has 0 amide bonds. The fourth-order valence-electron chi connectivity index (χ4n) is 2.05. The van der Waals surface area contributed by atoms with Gasteiger partial charge in [0.05, 0.1) is 16.1 Å². The highest BCUT2D eigenvalue weighted by molar-refractivity contribution is 6.33. The van der Waals surface area contributed by atoms with E-state index in [-0.39, 0.29) is 11.5 Å². The number of aryl methyl sites for hydroxylation is 1. The van der Waals surface area contributed by atoms with Gasteiger partial charge < -0.3 is 10.3 Å². The van der Waals surface area contributed by atoms with Gasteiger partial charge in [0.15, 0.2) is 0 Å². The van der Waals surface area contributed by atoms with E-state index >= 15 is 0 Å². The van der Waals surface area contributed by atoms with Crippen molar-refractivity contribution in [2.75, 3.05) is 5.32 Å². The quantitative estimate of drug-likeness (QED) is 0.718. The number of fused-ring (bicyclic) bond motifs is 1. The van der Waals surface area contributed by atoms with Crippen LogP contribution >= 0.6 is 11.6 Å². The number of nitrogens with one attached hydrogen (secondary N) is 2. The molecule has 0 aliphatic rings. The number of aromatic amines is 1. The van der Waals surface area contributed by atoms with E-state index in [1.54, 1.807) is 37.3 Å². The maximum atomic E-state index is 12.9. The normalized spacial score (nSPS) is 11.9. The van der Waals surface area contributed by atoms with Crippen LogP contribution in [0.25, 0.3) is 11.0 Å². The fraction of sp³-hybridized carbons (Fsp3) is 0.143. The Morgan fingerprint density at radius 3 is 2.59 bits per heavy atom. The Labute approximate surface area is 128 Å². The van der Waals surface area contributed by atoms with Gasteiger partial charge in [-0.2, -0.15) is 13.2 Å². The zero-order chi connectivity index (χ0) is 15.9. The Bertz CT molecular complexity index is 842. The number of benzene rings is 1. The van der Waals surface area contributed by atoms with Crippen molar-refractivity contribution in [2.24, 2.45) is 0 Å². The van der Waals surface area contributed by atoms with Crippen molar-refractivity contribution in [3.05, 3.63) is 46.9 Å². The Balaban J connectivity index is 2.16. The van der Waals surface area contributed by atoms with Crippen LogP contribution in [0.15, 0.2) is 30.3 Å². The third kappa shape index (κ3) is 2.71. The van der Waals surface area contributed by atoms with Crippen LogP contribution in [0.1, 0.15) is 11.5 Å². The second-order valence-electron chi connectivity index (χ2n) is 4.71. The molecule has 22 heavy (non-hydrogen) atoms. The monoisotopic (exact) mass is 326 g/mol. The van der Waals surface area contributed by atoms with Gasteiger partial charge in [-0.05, 0) is 25.1 Å². The smallest absolute Gasteiger partial charge is 0.343 e. The van der Waals surface area contributed by atoms with Crippen molar-refractivity contribution in [2.45, 2.75) is 13.1 Å². The summed E-state index contributed by atoms with van der Waals surface area (Å²) in [5.41, 5.74) is 1.27. The predicted octanol–water partition coefficient (Wildman–Crippen LogP) is 4.68. The third-order valence-electron chi connectivity index (χ3n) is 3.00. The van der Waals surface area contributed by atoms with E-state index in [0.717, 1.165) is 0 Å². The van der Waals surface area contributed by atoms with Crippen molar-refractivity contribution in [1.82, 2.24) is 15.0 Å². The van der Waals surface area contributed by atoms with Gasteiger partial charge in [-0.3, -0.25) is 0 Å². The van der Waals surface area contributed by atoms with E-state index in [9.17, 15) is 13.2 Å². The first kappa shape index (κ1) is 14.6. The number of halogens is 4. The number of H-pyrrole nitrogens is 1. The van der Waals surface area contributed by atoms with Gasteiger partial charge in [-0.15, -0.1) is 0 Å². The lowest BCUT2D eigenvalue weighted by atomic mass is 10.3. The second kappa shape index (κ2) is 5.17. The lowest BCUT2D eigenvalue weighted by molar-refractivity contribution is -0.144. The van der Waals surface area contributed by atoms with Crippen LogP contribution in [0.2, 0.25) is 5.02 Å². The summed E-state index contributed by atoms with van der Waals surface area (Å²) in [4.78, 5) is 9.91. The summed E-state index contributed by atoms with van der Waals surface area (Å²) in [6.45, 7) is 1.73. The highest BCUT2D eigenvalue weighted by atomic mass is 35.5. The summed E-state index contributed by atoms with van der Waals surface area (Å²) in [7, 11) is 0. The Morgan fingerprint density at radius 2 is 1.91 bits per heavy atom. The maximum absolute atomic E-state index is 12.9. The molecule has 8 heteroatoms. The summed E-state index contributed by atoms with van der Waals surface area (Å²) in [5, 5.41) is 3.69. The van der Waals surface area contributed by atoms with Crippen LogP contribution in [0, 0.1) is 6.92 Å². The number of alkyl halides is 3. The molecule has 0 bridgehead atoms. The van der Waals surface area contributed by atoms with Crippen LogP contribution in [0.3, 0.4) is 0 Å². The first-order valence-corrected chi connectivity index (χ1v) is 6.68. The summed E-state index contributed by atoms with van der Waals surface area (Å²) >= 11 is 6.02. The Morgan fingerprint density at radius 1 is 1.18 bits per heavy atom. The van der Waals surface area contributed by atoms with E-state index in [4.69, 9.17) is 11.6 Å². The van der Waals surface area contributed by atoms with Crippen molar-refractivity contribution >= 4 is 34.1 Å². The van der Waals surface area contributed by atoms with Crippen LogP contribution in [-0.4, -0.2) is 15.0 Å². The second-order valence-corrected chi connectivity index (χ2v) is 5.12. The minimum Gasteiger partial charge on any atom is -0.343 e. The molecule has 0 fully saturated rings. The molecule has 0 saturated carbocycles. The Kier molecular flexibility index (Phi) is 3.44. The predicted molar refractivity (Wildman–Crippen MR) is 78.4 cm³/mol. The standard InChI is InChI=1S/C14H10ClF3N4/c1-7-6-8-11(19-7)21-13(14(16,17)18)22-12(8)20-10-5-3-2-4-9(10)15/h2-6H,1H3,(H2,19,20,21,22). The van der Waals surface area contributed by atoms with E-state index < -0.39 is 12.0 Å². The topological polar surface area (TPSA) is 53.6 Å². The van der Waals surface area contributed by atoms with E-state index in [0.29, 0.717) is 21.8 Å². The molecular weight excluding hydrogens is 317 g/mol. The highest BCUT2D eigenvalue weighted by Gasteiger charge is 2.36. The van der Waals surface area contributed by atoms with Gasteiger partial charge in [0.1, 0.15) is 11.5 Å². The van der Waals surface area contributed by atoms with E-state index in [2.05, 4.69) is 20.3 Å². The fourth-order valence-corrected chi connectivity index (χ4v) is 2.24. The summed E-state index contributed by atoms with van der Waals surface area (Å²) in [5.74, 6) is -1.16. The zero-order valence-electron chi connectivity index (χ0n) is 11.3. The number of nitrogens with zero attached hydrogens (tertiary/aromatic N) is 2. The molecule has 3 rings (SSSR count). The van der Waals surface area contributed by atoms with Crippen molar-refractivity contribution in [1.29, 1.82) is 0 Å². The SMILES string of the molecule is Cc1cc2c(Nc3ccccc3Cl)nc(C(F)(F)F)nc2[nH]1. The van der Waals surface area contributed by atoms with Gasteiger partial charge in [0, 0.05) is 5.69 Å². The van der Waals surface area contributed by atoms with Gasteiger partial charge in [0.2, 0.25) is 5.82 Å². The molecule has 0 aliphatic carbocycles. The van der Waals surface area contributed by atoms with Crippen molar-refractivity contribution < 1.29 is 13.2 Å². The molecule has 2 N–H and O–H groups in total. The third-order valence-corrected chi connectivity index (χ3v) is 3.33. The number of rotatable bonds is 2. The minimum atomic E-state index is -4.63. The van der Waals surface area contributed by atoms with E-state index in [1.165, 1.54) is 0 Å². The number of para-hydroxylation sites is 1. The van der Waals surface area contributed by atoms with Crippen molar-refractivity contribution in [3.63, 3.8) is 0 Å². The highest BCUT2D eigenvalue weighted by Crippen LogP contribution is 2.33. The molecule has 0 spiro atoms. The average molecular weight is 327 g/mol. The minimum absolute atomic E-state index is 0.0507. The van der Waals surface area contributed by atoms with Crippen molar-refractivity contribution in [3.8, 4) is 0 Å². The lowest BCUT2D eigenvalue weighted by Gasteiger charge is -2.11. The summed E-state index contributed by atoms with van der Waals surface area (Å²) in [6, 6.07) is 8.41. The molecule has 0 saturated heterocycles. The molecule has 1 aromatic carbocycles. The number of hydrogen-bond donors (Lipinski definition) is 2. The average Bonchev–Trinajstić information content (AvgIpc) is 2.81. The van der Waals surface area contributed by atoms with E-state index in [1.807, 2.05) is 0 Å². The molecule has 0 unspecified atom stereocenters. The zero-order valence-corrected chi connectivity index (χ0v) is 12.0. The van der Waals surface area contributed by atoms with Gasteiger partial charge in [-0.25, -0.2) is 9.97 Å². The molecule has 0 aliphatic heterocycles. The molecule has 0 radical (unpaired) electrons. The number of anilines is 2. The largest absolute Gasteiger partial charge is 0.451 e. The molecule has 4 nitrogen and oxygen atoms in total. The summed E-state index contributed by atoms with van der Waals surface area (Å²) < 4.78 is 38.8. The lowest BCUT2D eigenvalue weighted by Crippen LogP contribution is -2.12.